The van der Waals surface area contributed by atoms with Crippen LogP contribution in [-0.2, 0) is 16.1 Å². The molecule has 1 unspecified atom stereocenters. The molecule has 1 rings (SSSR count). The van der Waals surface area contributed by atoms with Crippen LogP contribution in [0.25, 0.3) is 0 Å². The Morgan fingerprint density at radius 2 is 1.77 bits per heavy atom. The Kier molecular flexibility index (Phi) is 6.60. The second-order valence-electron chi connectivity index (χ2n) is 6.67. The van der Waals surface area contributed by atoms with Gasteiger partial charge in [-0.1, -0.05) is 37.3 Å². The van der Waals surface area contributed by atoms with Gasteiger partial charge in [-0.2, -0.15) is 0 Å². The zero-order valence-corrected chi connectivity index (χ0v) is 14.3. The fraction of sp³-hybridized carbons (Fsp3) is 0.556. The van der Waals surface area contributed by atoms with Crippen molar-refractivity contribution in [3.05, 3.63) is 35.9 Å². The molecule has 0 saturated heterocycles. The first-order chi connectivity index (χ1) is 10.2. The smallest absolute Gasteiger partial charge is 0.242 e. The van der Waals surface area contributed by atoms with E-state index < -0.39 is 6.04 Å². The van der Waals surface area contributed by atoms with Crippen LogP contribution in [0.2, 0.25) is 0 Å². The average molecular weight is 304 g/mol. The molecule has 0 aliphatic heterocycles. The number of hydrogen-bond acceptors (Lipinski definition) is 2. The second kappa shape index (κ2) is 7.97. The molecule has 0 aliphatic carbocycles. The minimum Gasteiger partial charge on any atom is -0.350 e. The summed E-state index contributed by atoms with van der Waals surface area (Å²) in [6, 6.07) is 9.28. The van der Waals surface area contributed by atoms with Gasteiger partial charge in [0.15, 0.2) is 0 Å². The molecule has 1 aromatic rings. The average Bonchev–Trinajstić information content (AvgIpc) is 2.43. The van der Waals surface area contributed by atoms with Crippen molar-refractivity contribution < 1.29 is 9.59 Å². The largest absolute Gasteiger partial charge is 0.350 e. The molecule has 0 aliphatic rings. The minimum atomic E-state index is -0.488. The Hall–Kier alpha value is -1.84. The summed E-state index contributed by atoms with van der Waals surface area (Å²) in [5.41, 5.74) is 0.722. The normalized spacial score (nSPS) is 12.6. The molecule has 0 heterocycles. The van der Waals surface area contributed by atoms with Crippen molar-refractivity contribution in [2.45, 2.75) is 65.6 Å². The van der Waals surface area contributed by atoms with Crippen LogP contribution in [0.5, 0.6) is 0 Å². The summed E-state index contributed by atoms with van der Waals surface area (Å²) in [6.45, 7) is 10.0. The monoisotopic (exact) mass is 304 g/mol. The second-order valence-corrected chi connectivity index (χ2v) is 6.67. The highest BCUT2D eigenvalue weighted by Gasteiger charge is 2.27. The van der Waals surface area contributed by atoms with E-state index in [9.17, 15) is 9.59 Å². The van der Waals surface area contributed by atoms with Crippen LogP contribution in [0.3, 0.4) is 0 Å². The quantitative estimate of drug-likeness (QED) is 0.878. The molecule has 1 N–H and O–H groups in total. The molecule has 22 heavy (non-hydrogen) atoms. The summed E-state index contributed by atoms with van der Waals surface area (Å²) < 4.78 is 0. The first-order valence-corrected chi connectivity index (χ1v) is 7.90. The Morgan fingerprint density at radius 3 is 2.27 bits per heavy atom. The molecule has 0 saturated carbocycles. The molecular weight excluding hydrogens is 276 g/mol. The van der Waals surface area contributed by atoms with Crippen molar-refractivity contribution in [3.63, 3.8) is 0 Å². The number of hydrogen-bond donors (Lipinski definition) is 1. The van der Waals surface area contributed by atoms with Crippen LogP contribution in [0.1, 0.15) is 53.0 Å². The van der Waals surface area contributed by atoms with Gasteiger partial charge in [0.25, 0.3) is 0 Å². The van der Waals surface area contributed by atoms with Crippen LogP contribution < -0.4 is 5.32 Å². The first-order valence-electron chi connectivity index (χ1n) is 7.90. The summed E-state index contributed by atoms with van der Waals surface area (Å²) in [6.07, 6.45) is 1.23. The van der Waals surface area contributed by atoms with Gasteiger partial charge in [-0.25, -0.2) is 0 Å². The molecule has 4 nitrogen and oxygen atoms in total. The maximum absolute atomic E-state index is 12.4. The van der Waals surface area contributed by atoms with Gasteiger partial charge in [-0.15, -0.1) is 0 Å². The lowest BCUT2D eigenvalue weighted by Crippen LogP contribution is -2.52. The van der Waals surface area contributed by atoms with E-state index in [0.717, 1.165) is 12.0 Å². The Bertz CT molecular complexity index is 492. The highest BCUT2D eigenvalue weighted by molar-refractivity contribution is 5.87. The molecule has 0 bridgehead atoms. The van der Waals surface area contributed by atoms with E-state index in [-0.39, 0.29) is 17.4 Å². The van der Waals surface area contributed by atoms with Crippen molar-refractivity contribution in [3.8, 4) is 0 Å². The first kappa shape index (κ1) is 18.2. The van der Waals surface area contributed by atoms with Crippen LogP contribution in [-0.4, -0.2) is 28.3 Å². The molecule has 0 aromatic heterocycles. The SMILES string of the molecule is CCCC(=O)N(Cc1ccccc1)C(C)C(=O)NC(C)(C)C. The van der Waals surface area contributed by atoms with E-state index in [4.69, 9.17) is 0 Å². The molecule has 0 radical (unpaired) electrons. The van der Waals surface area contributed by atoms with Crippen LogP contribution in [0.4, 0.5) is 0 Å². The summed E-state index contributed by atoms with van der Waals surface area (Å²) in [5.74, 6) is -0.101. The van der Waals surface area contributed by atoms with Gasteiger partial charge in [-0.3, -0.25) is 9.59 Å². The highest BCUT2D eigenvalue weighted by Crippen LogP contribution is 2.12. The highest BCUT2D eigenvalue weighted by atomic mass is 16.2. The summed E-state index contributed by atoms with van der Waals surface area (Å²) >= 11 is 0. The van der Waals surface area contributed by atoms with E-state index >= 15 is 0 Å². The summed E-state index contributed by atoms with van der Waals surface area (Å²) in [5, 5.41) is 2.95. The van der Waals surface area contributed by atoms with Crippen molar-refractivity contribution in [2.75, 3.05) is 0 Å². The maximum atomic E-state index is 12.4. The Labute approximate surface area is 133 Å². The van der Waals surface area contributed by atoms with E-state index in [0.29, 0.717) is 13.0 Å². The lowest BCUT2D eigenvalue weighted by atomic mass is 10.1. The number of carbonyl (C=O) groups excluding carboxylic acids is 2. The van der Waals surface area contributed by atoms with E-state index in [1.54, 1.807) is 11.8 Å². The molecule has 122 valence electrons. The van der Waals surface area contributed by atoms with Crippen molar-refractivity contribution >= 4 is 11.8 Å². The fourth-order valence-electron chi connectivity index (χ4n) is 2.19. The van der Waals surface area contributed by atoms with E-state index in [1.807, 2.05) is 58.0 Å². The van der Waals surface area contributed by atoms with Gasteiger partial charge in [-0.05, 0) is 39.7 Å². The van der Waals surface area contributed by atoms with Gasteiger partial charge in [0, 0.05) is 18.5 Å². The lowest BCUT2D eigenvalue weighted by Gasteiger charge is -2.31. The predicted octanol–water partition coefficient (Wildman–Crippen LogP) is 3.12. The van der Waals surface area contributed by atoms with Crippen molar-refractivity contribution in [1.29, 1.82) is 0 Å². The predicted molar refractivity (Wildman–Crippen MR) is 89.3 cm³/mol. The maximum Gasteiger partial charge on any atom is 0.242 e. The topological polar surface area (TPSA) is 49.4 Å². The van der Waals surface area contributed by atoms with Crippen molar-refractivity contribution in [2.24, 2.45) is 0 Å². The lowest BCUT2D eigenvalue weighted by molar-refractivity contribution is -0.141. The van der Waals surface area contributed by atoms with Gasteiger partial charge >= 0.3 is 0 Å². The number of carbonyl (C=O) groups is 2. The third kappa shape index (κ3) is 5.88. The zero-order chi connectivity index (χ0) is 16.8. The van der Waals surface area contributed by atoms with Crippen LogP contribution in [0, 0.1) is 0 Å². The number of rotatable bonds is 6. The van der Waals surface area contributed by atoms with Gasteiger partial charge in [0.1, 0.15) is 6.04 Å². The van der Waals surface area contributed by atoms with Crippen LogP contribution in [0.15, 0.2) is 30.3 Å². The fourth-order valence-corrected chi connectivity index (χ4v) is 2.19. The minimum absolute atomic E-state index is 0.0166. The number of benzene rings is 1. The molecular formula is C18H28N2O2. The molecule has 2 amide bonds. The van der Waals surface area contributed by atoms with Gasteiger partial charge in [0.2, 0.25) is 11.8 Å². The standard InChI is InChI=1S/C18H28N2O2/c1-6-10-16(21)20(13-15-11-8-7-9-12-15)14(2)17(22)19-18(3,4)5/h7-9,11-12,14H,6,10,13H2,1-5H3,(H,19,22). The molecule has 4 heteroatoms. The van der Waals surface area contributed by atoms with E-state index in [1.165, 1.54) is 0 Å². The number of amides is 2. The Balaban J connectivity index is 2.89. The van der Waals surface area contributed by atoms with Gasteiger partial charge < -0.3 is 10.2 Å². The number of nitrogens with zero attached hydrogens (tertiary/aromatic N) is 1. The third-order valence-corrected chi connectivity index (χ3v) is 3.33. The summed E-state index contributed by atoms with van der Waals surface area (Å²) in [4.78, 5) is 26.5. The number of nitrogens with one attached hydrogen (secondary N) is 1. The van der Waals surface area contributed by atoms with Crippen LogP contribution >= 0.6 is 0 Å². The summed E-state index contributed by atoms with van der Waals surface area (Å²) in [7, 11) is 0. The third-order valence-electron chi connectivity index (χ3n) is 3.33. The molecule has 1 atom stereocenters. The molecule has 0 spiro atoms. The van der Waals surface area contributed by atoms with Crippen molar-refractivity contribution in [1.82, 2.24) is 10.2 Å². The van der Waals surface area contributed by atoms with Gasteiger partial charge in [0.05, 0.1) is 0 Å². The molecule has 1 aromatic carbocycles. The zero-order valence-electron chi connectivity index (χ0n) is 14.3. The Morgan fingerprint density at radius 1 is 1.18 bits per heavy atom. The van der Waals surface area contributed by atoms with E-state index in [2.05, 4.69) is 5.32 Å². The molecule has 0 fully saturated rings.